The van der Waals surface area contributed by atoms with Crippen molar-refractivity contribution >= 4 is 23.1 Å². The van der Waals surface area contributed by atoms with E-state index in [2.05, 4.69) is 5.10 Å². The van der Waals surface area contributed by atoms with Crippen LogP contribution in [-0.4, -0.2) is 15.6 Å². The van der Waals surface area contributed by atoms with Crippen molar-refractivity contribution in [2.45, 2.75) is 0 Å². The Morgan fingerprint density at radius 1 is 1.14 bits per heavy atom. The third kappa shape index (κ3) is 2.66. The van der Waals surface area contributed by atoms with Crippen molar-refractivity contribution in [2.24, 2.45) is 0 Å². The Balaban J connectivity index is 1.93. The second-order valence-corrected chi connectivity index (χ2v) is 4.97. The fourth-order valence-corrected chi connectivity index (χ4v) is 2.26. The normalized spacial score (nSPS) is 10.5. The molecule has 0 bridgehead atoms. The number of nitrogens with two attached hydrogens (primary N) is 1. The molecule has 0 spiro atoms. The van der Waals surface area contributed by atoms with Crippen LogP contribution in [0.1, 0.15) is 15.9 Å². The number of anilines is 1. The zero-order chi connectivity index (χ0) is 14.8. The van der Waals surface area contributed by atoms with Crippen LogP contribution in [0.5, 0.6) is 0 Å². The zero-order valence-corrected chi connectivity index (χ0v) is 11.8. The molecule has 21 heavy (non-hydrogen) atoms. The highest BCUT2D eigenvalue weighted by atomic mass is 35.5. The van der Waals surface area contributed by atoms with Crippen LogP contribution in [0.2, 0.25) is 5.02 Å². The summed E-state index contributed by atoms with van der Waals surface area (Å²) in [6, 6.07) is 13.9. The van der Waals surface area contributed by atoms with Gasteiger partial charge in [-0.2, -0.15) is 5.10 Å². The van der Waals surface area contributed by atoms with Crippen molar-refractivity contribution in [1.29, 1.82) is 0 Å². The van der Waals surface area contributed by atoms with E-state index in [0.29, 0.717) is 21.8 Å². The molecule has 3 aromatic rings. The molecule has 2 N–H and O–H groups in total. The van der Waals surface area contributed by atoms with Gasteiger partial charge in [0.05, 0.1) is 10.7 Å². The van der Waals surface area contributed by atoms with Crippen LogP contribution in [0.3, 0.4) is 0 Å². The van der Waals surface area contributed by atoms with Gasteiger partial charge in [-0.05, 0) is 48.5 Å². The van der Waals surface area contributed by atoms with Gasteiger partial charge in [0.25, 0.3) is 0 Å². The quantitative estimate of drug-likeness (QED) is 0.596. The Morgan fingerprint density at radius 3 is 2.57 bits per heavy atom. The molecule has 0 atom stereocenters. The van der Waals surface area contributed by atoms with Crippen LogP contribution >= 0.6 is 11.6 Å². The van der Waals surface area contributed by atoms with Gasteiger partial charge in [0.2, 0.25) is 0 Å². The number of nitrogen functional groups attached to an aromatic ring is 1. The van der Waals surface area contributed by atoms with E-state index >= 15 is 0 Å². The number of ketones is 1. The maximum Gasteiger partial charge on any atom is 0.194 e. The van der Waals surface area contributed by atoms with Crippen molar-refractivity contribution in [3.8, 4) is 5.69 Å². The first-order chi connectivity index (χ1) is 10.1. The van der Waals surface area contributed by atoms with E-state index in [1.807, 2.05) is 24.4 Å². The van der Waals surface area contributed by atoms with Gasteiger partial charge in [-0.15, -0.1) is 0 Å². The molecule has 0 amide bonds. The van der Waals surface area contributed by atoms with Crippen LogP contribution in [0, 0.1) is 0 Å². The number of benzene rings is 2. The molecule has 1 aromatic heterocycles. The first-order valence-electron chi connectivity index (χ1n) is 6.35. The molecule has 0 aliphatic rings. The highest BCUT2D eigenvalue weighted by Gasteiger charge is 2.13. The third-order valence-corrected chi connectivity index (χ3v) is 3.46. The Labute approximate surface area is 126 Å². The lowest BCUT2D eigenvalue weighted by molar-refractivity contribution is 0.103. The standard InChI is InChI=1S/C16H12ClN3O/c17-15-7-4-12(18)10-14(15)16(21)11-2-5-13(6-3-11)20-9-1-8-19-20/h1-10H,18H2. The van der Waals surface area contributed by atoms with Crippen LogP contribution in [0.25, 0.3) is 5.69 Å². The first-order valence-corrected chi connectivity index (χ1v) is 6.73. The minimum absolute atomic E-state index is 0.153. The fourth-order valence-electron chi connectivity index (χ4n) is 2.06. The number of carbonyl (C=O) groups excluding carboxylic acids is 1. The second kappa shape index (κ2) is 5.42. The van der Waals surface area contributed by atoms with E-state index in [1.165, 1.54) is 0 Å². The summed E-state index contributed by atoms with van der Waals surface area (Å²) >= 11 is 6.06. The van der Waals surface area contributed by atoms with E-state index in [1.54, 1.807) is 41.2 Å². The Kier molecular flexibility index (Phi) is 3.46. The molecule has 2 aromatic carbocycles. The average molecular weight is 298 g/mol. The number of hydrogen-bond donors (Lipinski definition) is 1. The highest BCUT2D eigenvalue weighted by molar-refractivity contribution is 6.35. The molecule has 0 unspecified atom stereocenters. The minimum Gasteiger partial charge on any atom is -0.399 e. The lowest BCUT2D eigenvalue weighted by Crippen LogP contribution is -2.04. The minimum atomic E-state index is -0.153. The van der Waals surface area contributed by atoms with E-state index in [9.17, 15) is 4.79 Å². The predicted molar refractivity (Wildman–Crippen MR) is 82.9 cm³/mol. The van der Waals surface area contributed by atoms with E-state index in [-0.39, 0.29) is 5.78 Å². The van der Waals surface area contributed by atoms with Crippen molar-refractivity contribution in [3.05, 3.63) is 77.1 Å². The Bertz CT molecular complexity index is 780. The van der Waals surface area contributed by atoms with Crippen LogP contribution in [-0.2, 0) is 0 Å². The lowest BCUT2D eigenvalue weighted by Gasteiger charge is -2.06. The van der Waals surface area contributed by atoms with Gasteiger partial charge in [-0.25, -0.2) is 4.68 Å². The summed E-state index contributed by atoms with van der Waals surface area (Å²) in [7, 11) is 0. The van der Waals surface area contributed by atoms with Crippen molar-refractivity contribution in [1.82, 2.24) is 9.78 Å². The summed E-state index contributed by atoms with van der Waals surface area (Å²) in [5.41, 5.74) is 8.06. The predicted octanol–water partition coefficient (Wildman–Crippen LogP) is 3.34. The number of carbonyl (C=O) groups is 1. The number of halogens is 1. The van der Waals surface area contributed by atoms with Gasteiger partial charge < -0.3 is 5.73 Å². The molecule has 0 aliphatic carbocycles. The largest absolute Gasteiger partial charge is 0.399 e. The molecule has 1 heterocycles. The van der Waals surface area contributed by atoms with Gasteiger partial charge >= 0.3 is 0 Å². The fraction of sp³-hybridized carbons (Fsp3) is 0. The molecular weight excluding hydrogens is 286 g/mol. The van der Waals surface area contributed by atoms with E-state index < -0.39 is 0 Å². The number of aromatic nitrogens is 2. The molecule has 0 aliphatic heterocycles. The second-order valence-electron chi connectivity index (χ2n) is 4.57. The zero-order valence-electron chi connectivity index (χ0n) is 11.0. The first kappa shape index (κ1) is 13.4. The SMILES string of the molecule is Nc1ccc(Cl)c(C(=O)c2ccc(-n3cccn3)cc2)c1. The maximum atomic E-state index is 12.5. The van der Waals surface area contributed by atoms with Gasteiger partial charge in [-0.1, -0.05) is 11.6 Å². The summed E-state index contributed by atoms with van der Waals surface area (Å²) in [6.07, 6.45) is 3.54. The monoisotopic (exact) mass is 297 g/mol. The summed E-state index contributed by atoms with van der Waals surface area (Å²) in [5.74, 6) is -0.153. The molecule has 4 nitrogen and oxygen atoms in total. The molecule has 104 valence electrons. The van der Waals surface area contributed by atoms with E-state index in [0.717, 1.165) is 5.69 Å². The van der Waals surface area contributed by atoms with Gasteiger partial charge in [0.15, 0.2) is 5.78 Å². The number of nitrogens with zero attached hydrogens (tertiary/aromatic N) is 2. The Morgan fingerprint density at radius 2 is 1.90 bits per heavy atom. The molecule has 0 radical (unpaired) electrons. The average Bonchev–Trinajstić information content (AvgIpc) is 3.03. The number of rotatable bonds is 3. The van der Waals surface area contributed by atoms with Crippen LogP contribution in [0.4, 0.5) is 5.69 Å². The molecular formula is C16H12ClN3O. The summed E-state index contributed by atoms with van der Waals surface area (Å²) < 4.78 is 1.72. The molecule has 0 fully saturated rings. The van der Waals surface area contributed by atoms with Gasteiger partial charge in [-0.3, -0.25) is 4.79 Å². The van der Waals surface area contributed by atoms with Crippen LogP contribution in [0.15, 0.2) is 60.9 Å². The molecule has 0 saturated carbocycles. The third-order valence-electron chi connectivity index (χ3n) is 3.13. The van der Waals surface area contributed by atoms with Crippen molar-refractivity contribution < 1.29 is 4.79 Å². The summed E-state index contributed by atoms with van der Waals surface area (Å²) in [6.45, 7) is 0. The highest BCUT2D eigenvalue weighted by Crippen LogP contribution is 2.22. The smallest absolute Gasteiger partial charge is 0.194 e. The summed E-state index contributed by atoms with van der Waals surface area (Å²) in [4.78, 5) is 12.5. The maximum absolute atomic E-state index is 12.5. The Hall–Kier alpha value is -2.59. The molecule has 3 rings (SSSR count). The van der Waals surface area contributed by atoms with E-state index in [4.69, 9.17) is 17.3 Å². The van der Waals surface area contributed by atoms with Gasteiger partial charge in [0.1, 0.15) is 0 Å². The topological polar surface area (TPSA) is 60.9 Å². The molecule has 5 heteroatoms. The van der Waals surface area contributed by atoms with Crippen LogP contribution < -0.4 is 5.73 Å². The number of hydrogen-bond acceptors (Lipinski definition) is 3. The summed E-state index contributed by atoms with van der Waals surface area (Å²) in [5, 5.41) is 4.53. The van der Waals surface area contributed by atoms with Crippen molar-refractivity contribution in [2.75, 3.05) is 5.73 Å². The van der Waals surface area contributed by atoms with Crippen molar-refractivity contribution in [3.63, 3.8) is 0 Å². The molecule has 0 saturated heterocycles. The lowest BCUT2D eigenvalue weighted by atomic mass is 10.0. The van der Waals surface area contributed by atoms with Gasteiger partial charge in [0, 0.05) is 29.2 Å².